The van der Waals surface area contributed by atoms with Crippen molar-refractivity contribution in [3.8, 4) is 0 Å². The highest BCUT2D eigenvalue weighted by Gasteiger charge is 2.49. The number of benzene rings is 4. The van der Waals surface area contributed by atoms with Crippen LogP contribution in [0.25, 0.3) is 0 Å². The fourth-order valence-electron chi connectivity index (χ4n) is 6.36. The summed E-state index contributed by atoms with van der Waals surface area (Å²) in [6, 6.07) is 40.7. The molecule has 1 saturated heterocycles. The third-order valence-corrected chi connectivity index (χ3v) is 9.18. The topological polar surface area (TPSA) is 75.6 Å². The fourth-order valence-corrected chi connectivity index (χ4v) is 6.36. The fraction of sp³-hybridized carbons (Fsp3) is 0.455. The van der Waals surface area contributed by atoms with Crippen LogP contribution in [-0.2, 0) is 54.8 Å². The number of ether oxygens (including phenoxy) is 6. The van der Waals surface area contributed by atoms with Crippen molar-refractivity contribution in [2.24, 2.45) is 0 Å². The van der Waals surface area contributed by atoms with E-state index >= 15 is 0 Å². The van der Waals surface area contributed by atoms with E-state index in [9.17, 15) is 0 Å². The summed E-state index contributed by atoms with van der Waals surface area (Å²) in [5.74, 6) is 0. The third kappa shape index (κ3) is 13.9. The highest BCUT2D eigenvalue weighted by Crippen LogP contribution is 2.32. The lowest BCUT2D eigenvalue weighted by Gasteiger charge is -2.46. The summed E-state index contributed by atoms with van der Waals surface area (Å²) in [6.45, 7) is 2.78. The lowest BCUT2D eigenvalue weighted by molar-refractivity contribution is -0.328. The van der Waals surface area contributed by atoms with Gasteiger partial charge in [-0.2, -0.15) is 0 Å². The lowest BCUT2D eigenvalue weighted by Crippen LogP contribution is -2.61. The molecule has 51 heavy (non-hydrogen) atoms. The van der Waals surface area contributed by atoms with Gasteiger partial charge in [-0.25, -0.2) is 0 Å². The molecule has 0 aliphatic carbocycles. The van der Waals surface area contributed by atoms with Gasteiger partial charge in [0, 0.05) is 13.2 Å². The highest BCUT2D eigenvalue weighted by atomic mass is 16.7. The maximum absolute atomic E-state index is 9.02. The number of rotatable bonds is 24. The second kappa shape index (κ2) is 23.2. The minimum atomic E-state index is -0.671. The van der Waals surface area contributed by atoms with Crippen LogP contribution in [0, 0.1) is 0 Å². The Hall–Kier alpha value is -3.40. The molecule has 1 heterocycles. The van der Waals surface area contributed by atoms with Crippen molar-refractivity contribution in [2.75, 3.05) is 19.8 Å². The Balaban J connectivity index is 1.33. The summed E-state index contributed by atoms with van der Waals surface area (Å²) in [4.78, 5) is 0. The van der Waals surface area contributed by atoms with Crippen LogP contribution in [0.3, 0.4) is 0 Å². The van der Waals surface area contributed by atoms with Crippen LogP contribution in [0.5, 0.6) is 0 Å². The van der Waals surface area contributed by atoms with E-state index in [4.69, 9.17) is 33.5 Å². The number of unbranched alkanes of at least 4 members (excludes halogenated alkanes) is 7. The molecule has 274 valence electrons. The van der Waals surface area contributed by atoms with Crippen LogP contribution < -0.4 is 0 Å². The van der Waals surface area contributed by atoms with Crippen molar-refractivity contribution < 1.29 is 33.5 Å². The quantitative estimate of drug-likeness (QED) is 0.0734. The molecule has 7 heteroatoms. The monoisotopic (exact) mass is 696 g/mol. The molecule has 4 aromatic carbocycles. The van der Waals surface area contributed by atoms with E-state index in [0.29, 0.717) is 39.6 Å². The molecule has 5 rings (SSSR count). The molecule has 4 aromatic rings. The zero-order chi connectivity index (χ0) is 35.2. The van der Waals surface area contributed by atoms with Gasteiger partial charge in [-0.05, 0) is 35.1 Å². The van der Waals surface area contributed by atoms with Crippen molar-refractivity contribution in [1.82, 2.24) is 0 Å². The Morgan fingerprint density at radius 1 is 0.431 bits per heavy atom. The van der Waals surface area contributed by atoms with Gasteiger partial charge in [0.25, 0.3) is 0 Å². The normalized spacial score (nSPS) is 20.4. The molecule has 1 N–H and O–H groups in total. The first-order valence-corrected chi connectivity index (χ1v) is 18.8. The minimum Gasteiger partial charge on any atom is -0.396 e. The van der Waals surface area contributed by atoms with E-state index < -0.39 is 30.7 Å². The zero-order valence-corrected chi connectivity index (χ0v) is 29.9. The van der Waals surface area contributed by atoms with Crippen molar-refractivity contribution in [3.05, 3.63) is 144 Å². The molecule has 0 aromatic heterocycles. The summed E-state index contributed by atoms with van der Waals surface area (Å²) in [5.41, 5.74) is 4.29. The molecule has 0 radical (unpaired) electrons. The molecule has 1 fully saturated rings. The number of hydrogen-bond acceptors (Lipinski definition) is 7. The molecule has 1 aliphatic rings. The van der Waals surface area contributed by atoms with Crippen LogP contribution in [0.15, 0.2) is 121 Å². The molecule has 0 saturated carbocycles. The minimum absolute atomic E-state index is 0.286. The van der Waals surface area contributed by atoms with Crippen molar-refractivity contribution in [1.29, 1.82) is 0 Å². The zero-order valence-electron chi connectivity index (χ0n) is 29.9. The van der Waals surface area contributed by atoms with Crippen LogP contribution in [0.1, 0.15) is 73.6 Å². The smallest absolute Gasteiger partial charge is 0.186 e. The molecule has 0 amide bonds. The molecule has 0 bridgehead atoms. The largest absolute Gasteiger partial charge is 0.396 e. The van der Waals surface area contributed by atoms with Crippen LogP contribution in [0.2, 0.25) is 0 Å². The van der Waals surface area contributed by atoms with Gasteiger partial charge in [0.2, 0.25) is 0 Å². The van der Waals surface area contributed by atoms with Crippen LogP contribution >= 0.6 is 0 Å². The van der Waals surface area contributed by atoms with Gasteiger partial charge >= 0.3 is 0 Å². The van der Waals surface area contributed by atoms with E-state index in [1.165, 1.54) is 19.3 Å². The first-order chi connectivity index (χ1) is 25.3. The maximum Gasteiger partial charge on any atom is 0.186 e. The number of hydrogen-bond donors (Lipinski definition) is 1. The average molecular weight is 697 g/mol. The van der Waals surface area contributed by atoms with Crippen LogP contribution in [0.4, 0.5) is 0 Å². The Kier molecular flexibility index (Phi) is 17.7. The first-order valence-electron chi connectivity index (χ1n) is 18.8. The third-order valence-electron chi connectivity index (χ3n) is 9.18. The highest BCUT2D eigenvalue weighted by molar-refractivity contribution is 5.16. The lowest BCUT2D eigenvalue weighted by atomic mass is 9.97. The molecule has 0 spiro atoms. The van der Waals surface area contributed by atoms with Crippen molar-refractivity contribution >= 4 is 0 Å². The summed E-state index contributed by atoms with van der Waals surface area (Å²) in [6.07, 6.45) is 6.09. The first kappa shape index (κ1) is 38.8. The predicted molar refractivity (Wildman–Crippen MR) is 200 cm³/mol. The second-order valence-electron chi connectivity index (χ2n) is 13.3. The molecule has 5 atom stereocenters. The summed E-state index contributed by atoms with van der Waals surface area (Å²) < 4.78 is 39.9. The molecule has 7 nitrogen and oxygen atoms in total. The van der Waals surface area contributed by atoms with Crippen molar-refractivity contribution in [2.45, 2.75) is 108 Å². The Labute approximate surface area is 304 Å². The Morgan fingerprint density at radius 2 is 0.843 bits per heavy atom. The number of aliphatic hydroxyl groups excluding tert-OH is 1. The van der Waals surface area contributed by atoms with Gasteiger partial charge in [-0.15, -0.1) is 0 Å². The molecule has 1 unspecified atom stereocenters. The summed E-state index contributed by atoms with van der Waals surface area (Å²) >= 11 is 0. The predicted octanol–water partition coefficient (Wildman–Crippen LogP) is 8.81. The molecular weight excluding hydrogens is 640 g/mol. The SMILES string of the molecule is OCCCCCCCCCCOC1O[C@H](COCc2ccccc2)[C@H](OCc2ccccc2)[C@H](OCc2ccccc2)[C@H]1OCc1ccccc1. The van der Waals surface area contributed by atoms with Crippen molar-refractivity contribution in [3.63, 3.8) is 0 Å². The Morgan fingerprint density at radius 3 is 1.33 bits per heavy atom. The average Bonchev–Trinajstić information content (AvgIpc) is 3.18. The maximum atomic E-state index is 9.02. The van der Waals surface area contributed by atoms with Gasteiger partial charge in [-0.3, -0.25) is 0 Å². The van der Waals surface area contributed by atoms with Gasteiger partial charge in [-0.1, -0.05) is 160 Å². The van der Waals surface area contributed by atoms with E-state index in [-0.39, 0.29) is 6.61 Å². The van der Waals surface area contributed by atoms with E-state index in [0.717, 1.165) is 54.4 Å². The van der Waals surface area contributed by atoms with Gasteiger partial charge in [0.1, 0.15) is 24.4 Å². The van der Waals surface area contributed by atoms with E-state index in [2.05, 4.69) is 48.5 Å². The molecule has 1 aliphatic heterocycles. The van der Waals surface area contributed by atoms with E-state index in [1.54, 1.807) is 0 Å². The van der Waals surface area contributed by atoms with Gasteiger partial charge in [0.05, 0.1) is 33.0 Å². The second-order valence-corrected chi connectivity index (χ2v) is 13.3. The van der Waals surface area contributed by atoms with Crippen LogP contribution in [-0.4, -0.2) is 55.6 Å². The molecular formula is C44H56O7. The van der Waals surface area contributed by atoms with E-state index in [1.807, 2.05) is 72.8 Å². The summed E-state index contributed by atoms with van der Waals surface area (Å²) in [7, 11) is 0. The number of aliphatic hydroxyl groups is 1. The summed E-state index contributed by atoms with van der Waals surface area (Å²) in [5, 5.41) is 9.02. The van der Waals surface area contributed by atoms with Gasteiger partial charge < -0.3 is 33.5 Å². The van der Waals surface area contributed by atoms with Gasteiger partial charge in [0.15, 0.2) is 6.29 Å². The Bertz CT molecular complexity index is 1420. The standard InChI is InChI=1S/C44H56O7/c45-29-19-5-3-1-2-4-6-20-30-47-44-43(50-34-39-27-17-10-18-28-39)42(49-33-38-25-15-9-16-26-38)41(48-32-37-23-13-8-14-24-37)40(51-44)35-46-31-36-21-11-7-12-22-36/h7-18,21-28,40-45H,1-6,19-20,29-35H2/t40-,41+,42+,43-,44?/m1/s1.